The Hall–Kier alpha value is -0.960. The van der Waals surface area contributed by atoms with Crippen molar-refractivity contribution in [3.63, 3.8) is 0 Å². The van der Waals surface area contributed by atoms with Crippen molar-refractivity contribution in [1.82, 2.24) is 9.97 Å². The van der Waals surface area contributed by atoms with Gasteiger partial charge in [0.25, 0.3) is 0 Å². The van der Waals surface area contributed by atoms with Crippen LogP contribution in [0.1, 0.15) is 37.0 Å². The quantitative estimate of drug-likeness (QED) is 0.514. The minimum Gasteiger partial charge on any atom is -0.298 e. The molecule has 1 aromatic rings. The zero-order chi connectivity index (χ0) is 10.1. The van der Waals surface area contributed by atoms with Crippen LogP contribution in [0.3, 0.4) is 0 Å². The molecule has 0 radical (unpaired) electrons. The second-order valence-corrected chi connectivity index (χ2v) is 4.17. The molecule has 0 saturated heterocycles. The fourth-order valence-electron chi connectivity index (χ4n) is 0.811. The lowest BCUT2D eigenvalue weighted by molar-refractivity contribution is 0.112. The molecule has 1 rings (SSSR count). The highest BCUT2D eigenvalue weighted by molar-refractivity contribution is 6.31. The Bertz CT molecular complexity index is 331. The summed E-state index contributed by atoms with van der Waals surface area (Å²) in [6.07, 6.45) is 2.09. The molecular weight excluding hydrogens is 188 g/mol. The van der Waals surface area contributed by atoms with Gasteiger partial charge in [-0.25, -0.2) is 9.97 Å². The third-order valence-corrected chi connectivity index (χ3v) is 1.87. The molecule has 0 aliphatic carbocycles. The molecule has 0 unspecified atom stereocenters. The van der Waals surface area contributed by atoms with Crippen molar-refractivity contribution in [2.45, 2.75) is 26.2 Å². The zero-order valence-corrected chi connectivity index (χ0v) is 8.59. The van der Waals surface area contributed by atoms with Gasteiger partial charge in [0.2, 0.25) is 0 Å². The summed E-state index contributed by atoms with van der Waals surface area (Å²) in [6, 6.07) is 0. The molecule has 0 aromatic carbocycles. The number of rotatable bonds is 1. The molecule has 0 aliphatic rings. The first-order valence-electron chi connectivity index (χ1n) is 3.93. The average molecular weight is 199 g/mol. The van der Waals surface area contributed by atoms with Gasteiger partial charge < -0.3 is 0 Å². The molecule has 0 aliphatic heterocycles. The maximum atomic E-state index is 10.4. The minimum atomic E-state index is -0.148. The van der Waals surface area contributed by atoms with Crippen molar-refractivity contribution in [2.75, 3.05) is 0 Å². The largest absolute Gasteiger partial charge is 0.298 e. The van der Waals surface area contributed by atoms with Crippen molar-refractivity contribution in [3.8, 4) is 0 Å². The van der Waals surface area contributed by atoms with E-state index in [1.165, 1.54) is 6.20 Å². The Balaban J connectivity index is 3.17. The molecule has 1 heterocycles. The first-order chi connectivity index (χ1) is 5.95. The molecule has 4 heteroatoms. The SMILES string of the molecule is CC(C)(C)c1ncc(C=O)c(Cl)n1. The second kappa shape index (κ2) is 3.42. The molecule has 70 valence electrons. The summed E-state index contributed by atoms with van der Waals surface area (Å²) < 4.78 is 0. The standard InChI is InChI=1S/C9H11ClN2O/c1-9(2,3)8-11-4-6(5-13)7(10)12-8/h4-5H,1-3H3. The fraction of sp³-hybridized carbons (Fsp3) is 0.444. The van der Waals surface area contributed by atoms with E-state index in [1.54, 1.807) is 0 Å². The Morgan fingerprint density at radius 2 is 2.08 bits per heavy atom. The number of carbonyl (C=O) groups is 1. The molecule has 0 saturated carbocycles. The number of nitrogens with zero attached hydrogens (tertiary/aromatic N) is 2. The lowest BCUT2D eigenvalue weighted by Gasteiger charge is -2.16. The molecule has 1 aromatic heterocycles. The molecule has 0 bridgehead atoms. The van der Waals surface area contributed by atoms with Gasteiger partial charge in [0.05, 0.1) is 5.56 Å². The smallest absolute Gasteiger partial charge is 0.154 e. The van der Waals surface area contributed by atoms with E-state index in [0.717, 1.165) is 0 Å². The number of aldehydes is 1. The maximum Gasteiger partial charge on any atom is 0.154 e. The van der Waals surface area contributed by atoms with E-state index < -0.39 is 0 Å². The average Bonchev–Trinajstić information content (AvgIpc) is 2.02. The summed E-state index contributed by atoms with van der Waals surface area (Å²) in [6.45, 7) is 5.96. The number of halogens is 1. The van der Waals surface area contributed by atoms with Crippen LogP contribution in [0, 0.1) is 0 Å². The van der Waals surface area contributed by atoms with Gasteiger partial charge in [-0.1, -0.05) is 32.4 Å². The first kappa shape index (κ1) is 10.1. The highest BCUT2D eigenvalue weighted by atomic mass is 35.5. The third kappa shape index (κ3) is 2.25. The Morgan fingerprint density at radius 1 is 1.46 bits per heavy atom. The molecular formula is C9H11ClN2O. The van der Waals surface area contributed by atoms with Gasteiger partial charge in [-0.05, 0) is 0 Å². The fourth-order valence-corrected chi connectivity index (χ4v) is 0.984. The first-order valence-corrected chi connectivity index (χ1v) is 4.31. The van der Waals surface area contributed by atoms with Crippen LogP contribution in [-0.2, 0) is 5.41 Å². The summed E-state index contributed by atoms with van der Waals surface area (Å²) >= 11 is 5.75. The van der Waals surface area contributed by atoms with Crippen molar-refractivity contribution >= 4 is 17.9 Å². The number of aromatic nitrogens is 2. The number of hydrogen-bond acceptors (Lipinski definition) is 3. The van der Waals surface area contributed by atoms with Crippen LogP contribution in [0.15, 0.2) is 6.20 Å². The highest BCUT2D eigenvalue weighted by Crippen LogP contribution is 2.20. The van der Waals surface area contributed by atoms with Crippen LogP contribution in [0.4, 0.5) is 0 Å². The topological polar surface area (TPSA) is 42.9 Å². The summed E-state index contributed by atoms with van der Waals surface area (Å²) in [7, 11) is 0. The Morgan fingerprint density at radius 3 is 2.46 bits per heavy atom. The van der Waals surface area contributed by atoms with E-state index in [0.29, 0.717) is 17.7 Å². The van der Waals surface area contributed by atoms with E-state index in [1.807, 2.05) is 20.8 Å². The van der Waals surface area contributed by atoms with E-state index in [9.17, 15) is 4.79 Å². The van der Waals surface area contributed by atoms with E-state index >= 15 is 0 Å². The van der Waals surface area contributed by atoms with Gasteiger partial charge >= 0.3 is 0 Å². The summed E-state index contributed by atoms with van der Waals surface area (Å²) in [4.78, 5) is 18.5. The van der Waals surface area contributed by atoms with Gasteiger partial charge in [0, 0.05) is 11.6 Å². The van der Waals surface area contributed by atoms with Gasteiger partial charge in [-0.2, -0.15) is 0 Å². The monoisotopic (exact) mass is 198 g/mol. The summed E-state index contributed by atoms with van der Waals surface area (Å²) in [5.41, 5.74) is 0.181. The Kier molecular flexibility index (Phi) is 2.66. The van der Waals surface area contributed by atoms with Gasteiger partial charge in [0.15, 0.2) is 6.29 Å². The van der Waals surface area contributed by atoms with Gasteiger partial charge in [-0.15, -0.1) is 0 Å². The molecule has 0 amide bonds. The molecule has 0 spiro atoms. The molecule has 0 N–H and O–H groups in total. The maximum absolute atomic E-state index is 10.4. The molecule has 0 atom stereocenters. The lowest BCUT2D eigenvalue weighted by atomic mass is 9.96. The summed E-state index contributed by atoms with van der Waals surface area (Å²) in [5.74, 6) is 0.642. The van der Waals surface area contributed by atoms with Gasteiger partial charge in [0.1, 0.15) is 11.0 Å². The van der Waals surface area contributed by atoms with E-state index in [4.69, 9.17) is 11.6 Å². The van der Waals surface area contributed by atoms with Crippen LogP contribution in [0.2, 0.25) is 5.15 Å². The highest BCUT2D eigenvalue weighted by Gasteiger charge is 2.18. The second-order valence-electron chi connectivity index (χ2n) is 3.81. The Labute approximate surface area is 82.2 Å². The van der Waals surface area contributed by atoms with E-state index in [-0.39, 0.29) is 10.6 Å². The molecule has 13 heavy (non-hydrogen) atoms. The van der Waals surface area contributed by atoms with Crippen LogP contribution < -0.4 is 0 Å². The van der Waals surface area contributed by atoms with Crippen LogP contribution in [-0.4, -0.2) is 16.3 Å². The van der Waals surface area contributed by atoms with Crippen LogP contribution in [0.5, 0.6) is 0 Å². The van der Waals surface area contributed by atoms with Crippen molar-refractivity contribution in [3.05, 3.63) is 22.7 Å². The predicted molar refractivity (Wildman–Crippen MR) is 51.1 cm³/mol. The summed E-state index contributed by atoms with van der Waals surface area (Å²) in [5, 5.41) is 0.218. The number of hydrogen-bond donors (Lipinski definition) is 0. The van der Waals surface area contributed by atoms with Crippen LogP contribution in [0.25, 0.3) is 0 Å². The van der Waals surface area contributed by atoms with Crippen molar-refractivity contribution in [1.29, 1.82) is 0 Å². The van der Waals surface area contributed by atoms with Crippen molar-refractivity contribution in [2.24, 2.45) is 0 Å². The van der Waals surface area contributed by atoms with E-state index in [2.05, 4.69) is 9.97 Å². The van der Waals surface area contributed by atoms with Gasteiger partial charge in [-0.3, -0.25) is 4.79 Å². The third-order valence-electron chi connectivity index (χ3n) is 1.57. The molecule has 3 nitrogen and oxygen atoms in total. The van der Waals surface area contributed by atoms with Crippen LogP contribution >= 0.6 is 11.6 Å². The van der Waals surface area contributed by atoms with Crippen molar-refractivity contribution < 1.29 is 4.79 Å². The molecule has 0 fully saturated rings. The minimum absolute atomic E-state index is 0.148. The number of carbonyl (C=O) groups excluding carboxylic acids is 1. The zero-order valence-electron chi connectivity index (χ0n) is 7.84. The predicted octanol–water partition coefficient (Wildman–Crippen LogP) is 2.24. The normalized spacial score (nSPS) is 11.4. The lowest BCUT2D eigenvalue weighted by Crippen LogP contribution is -2.16.